The second-order valence-electron chi connectivity index (χ2n) is 4.57. The van der Waals surface area contributed by atoms with Gasteiger partial charge in [0.25, 0.3) is 0 Å². The number of aliphatic carboxylic acids is 2. The van der Waals surface area contributed by atoms with E-state index < -0.39 is 11.9 Å². The Labute approximate surface area is 116 Å². The van der Waals surface area contributed by atoms with E-state index in [2.05, 4.69) is 4.90 Å². The fraction of sp³-hybridized carbons (Fsp3) is 0.429. The molecule has 0 spiro atoms. The summed E-state index contributed by atoms with van der Waals surface area (Å²) in [6.07, 6.45) is 3.97. The normalized spacial score (nSPS) is 15.1. The van der Waals surface area contributed by atoms with E-state index >= 15 is 0 Å². The summed E-state index contributed by atoms with van der Waals surface area (Å²) in [5.74, 6) is -3.79. The molecule has 0 unspecified atom stereocenters. The third-order valence-corrected chi connectivity index (χ3v) is 2.95. The molecule has 0 atom stereocenters. The second-order valence-corrected chi connectivity index (χ2v) is 4.57. The van der Waals surface area contributed by atoms with Gasteiger partial charge < -0.3 is 10.2 Å². The number of hydrogen-bond donors (Lipinski definition) is 2. The average molecular weight is 283 g/mol. The fourth-order valence-corrected chi connectivity index (χ4v) is 1.97. The molecular weight excluding hydrogens is 265 g/mol. The van der Waals surface area contributed by atoms with Gasteiger partial charge in [-0.15, -0.1) is 0 Å². The summed E-state index contributed by atoms with van der Waals surface area (Å²) in [5.41, 5.74) is 1.22. The third kappa shape index (κ3) is 6.29. The Bertz CT molecular complexity index is 429. The van der Waals surface area contributed by atoms with Crippen LogP contribution < -0.4 is 0 Å². The van der Waals surface area contributed by atoms with Gasteiger partial charge in [0.2, 0.25) is 0 Å². The SMILES string of the molecule is Fc1ccc(CN2CCCCC2)cc1.O=C(O)C(=O)O. The van der Waals surface area contributed by atoms with Crippen LogP contribution in [0.2, 0.25) is 0 Å². The molecule has 0 aliphatic carbocycles. The van der Waals surface area contributed by atoms with Gasteiger partial charge >= 0.3 is 11.9 Å². The minimum atomic E-state index is -1.82. The summed E-state index contributed by atoms with van der Waals surface area (Å²) >= 11 is 0. The van der Waals surface area contributed by atoms with Crippen LogP contribution in [0.4, 0.5) is 4.39 Å². The van der Waals surface area contributed by atoms with E-state index in [4.69, 9.17) is 19.8 Å². The molecule has 1 heterocycles. The summed E-state index contributed by atoms with van der Waals surface area (Å²) in [6, 6.07) is 6.84. The van der Waals surface area contributed by atoms with Crippen molar-refractivity contribution in [1.82, 2.24) is 4.90 Å². The smallest absolute Gasteiger partial charge is 0.414 e. The molecule has 1 aromatic carbocycles. The van der Waals surface area contributed by atoms with Crippen LogP contribution >= 0.6 is 0 Å². The third-order valence-electron chi connectivity index (χ3n) is 2.95. The maximum atomic E-state index is 12.7. The minimum Gasteiger partial charge on any atom is -0.473 e. The maximum absolute atomic E-state index is 12.7. The molecule has 1 saturated heterocycles. The summed E-state index contributed by atoms with van der Waals surface area (Å²) in [6.45, 7) is 3.36. The second kappa shape index (κ2) is 8.27. The van der Waals surface area contributed by atoms with Crippen LogP contribution in [0.3, 0.4) is 0 Å². The first-order valence-electron chi connectivity index (χ1n) is 6.42. The van der Waals surface area contributed by atoms with Gasteiger partial charge in [0.15, 0.2) is 0 Å². The van der Waals surface area contributed by atoms with Gasteiger partial charge in [0.1, 0.15) is 5.82 Å². The average Bonchev–Trinajstić information content (AvgIpc) is 2.43. The van der Waals surface area contributed by atoms with Gasteiger partial charge in [-0.1, -0.05) is 18.6 Å². The molecule has 2 N–H and O–H groups in total. The molecule has 0 amide bonds. The van der Waals surface area contributed by atoms with Crippen molar-refractivity contribution in [3.05, 3.63) is 35.6 Å². The van der Waals surface area contributed by atoms with Crippen LogP contribution in [0.1, 0.15) is 24.8 Å². The maximum Gasteiger partial charge on any atom is 0.414 e. The fourth-order valence-electron chi connectivity index (χ4n) is 1.97. The number of rotatable bonds is 2. The number of carboxylic acid groups (broad SMARTS) is 2. The van der Waals surface area contributed by atoms with Crippen LogP contribution in [0.5, 0.6) is 0 Å². The minimum absolute atomic E-state index is 0.146. The molecule has 2 rings (SSSR count). The molecule has 110 valence electrons. The topological polar surface area (TPSA) is 77.8 Å². The number of carbonyl (C=O) groups is 2. The molecule has 0 saturated carbocycles. The van der Waals surface area contributed by atoms with E-state index in [-0.39, 0.29) is 5.82 Å². The highest BCUT2D eigenvalue weighted by atomic mass is 19.1. The van der Waals surface area contributed by atoms with Crippen LogP contribution in [-0.2, 0) is 16.1 Å². The van der Waals surface area contributed by atoms with Crippen LogP contribution in [0, 0.1) is 5.82 Å². The van der Waals surface area contributed by atoms with Gasteiger partial charge in [0.05, 0.1) is 0 Å². The first kappa shape index (κ1) is 16.1. The lowest BCUT2D eigenvalue weighted by molar-refractivity contribution is -0.159. The molecule has 6 heteroatoms. The molecule has 0 radical (unpaired) electrons. The summed E-state index contributed by atoms with van der Waals surface area (Å²) in [5, 5.41) is 14.8. The van der Waals surface area contributed by atoms with Gasteiger partial charge in [-0.25, -0.2) is 14.0 Å². The van der Waals surface area contributed by atoms with Crippen molar-refractivity contribution in [2.24, 2.45) is 0 Å². The molecule has 5 nitrogen and oxygen atoms in total. The van der Waals surface area contributed by atoms with Gasteiger partial charge in [0, 0.05) is 6.54 Å². The lowest BCUT2D eigenvalue weighted by atomic mass is 10.1. The first-order valence-corrected chi connectivity index (χ1v) is 6.42. The summed E-state index contributed by atoms with van der Waals surface area (Å²) in [4.78, 5) is 20.6. The van der Waals surface area contributed by atoms with Gasteiger partial charge in [-0.2, -0.15) is 0 Å². The predicted molar refractivity (Wildman–Crippen MR) is 70.8 cm³/mol. The van der Waals surface area contributed by atoms with Crippen LogP contribution in [0.15, 0.2) is 24.3 Å². The molecule has 1 aliphatic rings. The Morgan fingerprint density at radius 3 is 1.95 bits per heavy atom. The zero-order valence-corrected chi connectivity index (χ0v) is 11.1. The Morgan fingerprint density at radius 2 is 1.50 bits per heavy atom. The Balaban J connectivity index is 0.000000286. The molecular formula is C14H18FNO4. The van der Waals surface area contributed by atoms with Crippen molar-refractivity contribution < 1.29 is 24.2 Å². The van der Waals surface area contributed by atoms with Crippen molar-refractivity contribution in [2.45, 2.75) is 25.8 Å². The van der Waals surface area contributed by atoms with Crippen molar-refractivity contribution in [3.63, 3.8) is 0 Å². The van der Waals surface area contributed by atoms with E-state index in [1.807, 2.05) is 12.1 Å². The Hall–Kier alpha value is -1.95. The van der Waals surface area contributed by atoms with Crippen molar-refractivity contribution in [1.29, 1.82) is 0 Å². The quantitative estimate of drug-likeness (QED) is 0.811. The van der Waals surface area contributed by atoms with Crippen molar-refractivity contribution in [3.8, 4) is 0 Å². The molecule has 1 aromatic rings. The summed E-state index contributed by atoms with van der Waals surface area (Å²) < 4.78 is 12.7. The highest BCUT2D eigenvalue weighted by Crippen LogP contribution is 2.13. The van der Waals surface area contributed by atoms with E-state index in [1.165, 1.54) is 37.9 Å². The van der Waals surface area contributed by atoms with Gasteiger partial charge in [-0.05, 0) is 43.6 Å². The Kier molecular flexibility index (Phi) is 6.66. The number of nitrogens with zero attached hydrogens (tertiary/aromatic N) is 1. The lowest BCUT2D eigenvalue weighted by Gasteiger charge is -2.26. The number of halogens is 1. The molecule has 0 aromatic heterocycles. The highest BCUT2D eigenvalue weighted by molar-refractivity contribution is 6.27. The number of hydrogen-bond acceptors (Lipinski definition) is 3. The van der Waals surface area contributed by atoms with E-state index in [1.54, 1.807) is 12.1 Å². The van der Waals surface area contributed by atoms with Crippen molar-refractivity contribution >= 4 is 11.9 Å². The predicted octanol–water partition coefficient (Wildman–Crippen LogP) is 1.97. The van der Waals surface area contributed by atoms with E-state index in [0.717, 1.165) is 6.54 Å². The molecule has 1 fully saturated rings. The van der Waals surface area contributed by atoms with Crippen LogP contribution in [0.25, 0.3) is 0 Å². The number of carboxylic acids is 2. The molecule has 0 bridgehead atoms. The van der Waals surface area contributed by atoms with E-state index in [0.29, 0.717) is 0 Å². The van der Waals surface area contributed by atoms with Gasteiger partial charge in [-0.3, -0.25) is 4.90 Å². The van der Waals surface area contributed by atoms with Crippen LogP contribution in [-0.4, -0.2) is 40.1 Å². The Morgan fingerprint density at radius 1 is 1.00 bits per heavy atom. The monoisotopic (exact) mass is 283 g/mol. The molecule has 20 heavy (non-hydrogen) atoms. The number of likely N-dealkylation sites (tertiary alicyclic amines) is 1. The number of piperidine rings is 1. The van der Waals surface area contributed by atoms with Crippen molar-refractivity contribution in [2.75, 3.05) is 13.1 Å². The lowest BCUT2D eigenvalue weighted by Crippen LogP contribution is -2.29. The number of benzene rings is 1. The zero-order chi connectivity index (χ0) is 15.0. The summed E-state index contributed by atoms with van der Waals surface area (Å²) in [7, 11) is 0. The largest absolute Gasteiger partial charge is 0.473 e. The molecule has 1 aliphatic heterocycles. The zero-order valence-electron chi connectivity index (χ0n) is 11.1. The standard InChI is InChI=1S/C12H16FN.C2H2O4/c13-12-6-4-11(5-7-12)10-14-8-2-1-3-9-14;3-1(4)2(5)6/h4-7H,1-3,8-10H2;(H,3,4)(H,5,6). The van der Waals surface area contributed by atoms with E-state index in [9.17, 15) is 4.39 Å². The highest BCUT2D eigenvalue weighted by Gasteiger charge is 2.09. The first-order chi connectivity index (χ1) is 9.49.